The van der Waals surface area contributed by atoms with Crippen LogP contribution in [0, 0.1) is 0 Å². The van der Waals surface area contributed by atoms with E-state index in [1.54, 1.807) is 31.4 Å². The van der Waals surface area contributed by atoms with Crippen LogP contribution in [0.4, 0.5) is 0 Å². The lowest BCUT2D eigenvalue weighted by Gasteiger charge is -2.17. The van der Waals surface area contributed by atoms with Gasteiger partial charge in [-0.3, -0.25) is 0 Å². The highest BCUT2D eigenvalue weighted by atomic mass is 35.5. The summed E-state index contributed by atoms with van der Waals surface area (Å²) in [6, 6.07) is 13.6. The first kappa shape index (κ1) is 21.0. The van der Waals surface area contributed by atoms with Crippen LogP contribution in [-0.2, 0) is 6.54 Å². The molecular weight excluding hydrogens is 382 g/mol. The number of hydrogen-bond acceptors (Lipinski definition) is 4. The van der Waals surface area contributed by atoms with E-state index in [1.165, 1.54) is 0 Å². The lowest BCUT2D eigenvalue weighted by Crippen LogP contribution is -2.33. The van der Waals surface area contributed by atoms with Gasteiger partial charge >= 0.3 is 0 Å². The van der Waals surface area contributed by atoms with Gasteiger partial charge in [-0.05, 0) is 49.3 Å². The summed E-state index contributed by atoms with van der Waals surface area (Å²) >= 11 is 11.7. The van der Waals surface area contributed by atoms with Gasteiger partial charge < -0.3 is 14.8 Å². The molecule has 0 atom stereocenters. The van der Waals surface area contributed by atoms with Crippen LogP contribution in [0.3, 0.4) is 0 Å². The molecule has 0 aliphatic carbocycles. The first-order valence-corrected chi connectivity index (χ1v) is 9.33. The van der Waals surface area contributed by atoms with E-state index in [4.69, 9.17) is 33.3 Å². The van der Waals surface area contributed by atoms with Crippen molar-refractivity contribution in [2.75, 3.05) is 14.2 Å². The summed E-state index contributed by atoms with van der Waals surface area (Å²) in [6.45, 7) is 4.51. The van der Waals surface area contributed by atoms with E-state index in [-0.39, 0.29) is 6.10 Å². The second kappa shape index (κ2) is 10.1. The van der Waals surface area contributed by atoms with Crippen molar-refractivity contribution in [1.82, 2.24) is 10.3 Å². The Morgan fingerprint density at radius 3 is 2.63 bits per heavy atom. The van der Waals surface area contributed by atoms with Crippen LogP contribution in [0.15, 0.2) is 47.6 Å². The van der Waals surface area contributed by atoms with Crippen LogP contribution in [0.1, 0.15) is 25.0 Å². The monoisotopic (exact) mass is 405 g/mol. The third kappa shape index (κ3) is 6.41. The minimum absolute atomic E-state index is 0.00453. The highest BCUT2D eigenvalue weighted by Gasteiger charge is 2.13. The molecule has 0 aliphatic heterocycles. The number of thiocarbonyl (C=S) groups is 1. The van der Waals surface area contributed by atoms with Crippen molar-refractivity contribution in [3.05, 3.63) is 58.6 Å². The fourth-order valence-corrected chi connectivity index (χ4v) is 2.64. The van der Waals surface area contributed by atoms with E-state index < -0.39 is 0 Å². The van der Waals surface area contributed by atoms with Crippen molar-refractivity contribution < 1.29 is 9.47 Å². The number of benzene rings is 2. The largest absolute Gasteiger partial charge is 0.493 e. The van der Waals surface area contributed by atoms with E-state index in [9.17, 15) is 0 Å². The van der Waals surface area contributed by atoms with Crippen LogP contribution in [0.25, 0.3) is 0 Å². The lowest BCUT2D eigenvalue weighted by molar-refractivity contribution is 0.230. The predicted molar refractivity (Wildman–Crippen MR) is 115 cm³/mol. The van der Waals surface area contributed by atoms with Gasteiger partial charge in [-0.2, -0.15) is 5.10 Å². The minimum Gasteiger partial charge on any atom is -0.493 e. The Kier molecular flexibility index (Phi) is 7.88. The Balaban J connectivity index is 2.03. The molecule has 0 radical (unpaired) electrons. The molecule has 2 aromatic carbocycles. The second-order valence-electron chi connectivity index (χ2n) is 6.11. The van der Waals surface area contributed by atoms with Crippen LogP contribution >= 0.6 is 23.8 Å². The molecule has 1 N–H and O–H groups in total. The van der Waals surface area contributed by atoms with Gasteiger partial charge in [0.2, 0.25) is 0 Å². The number of rotatable bonds is 7. The summed E-state index contributed by atoms with van der Waals surface area (Å²) in [5, 5.41) is 10.1. The maximum Gasteiger partial charge on any atom is 0.189 e. The van der Waals surface area contributed by atoms with Crippen LogP contribution < -0.4 is 14.8 Å². The fraction of sp³-hybridized carbons (Fsp3) is 0.300. The predicted octanol–water partition coefficient (Wildman–Crippen LogP) is 4.48. The Labute approximate surface area is 170 Å². The first-order valence-electron chi connectivity index (χ1n) is 8.54. The number of nitrogens with zero attached hydrogens (tertiary/aromatic N) is 2. The van der Waals surface area contributed by atoms with Gasteiger partial charge in [0, 0.05) is 13.6 Å². The number of methoxy groups -OCH3 is 1. The van der Waals surface area contributed by atoms with Crippen LogP contribution in [0.5, 0.6) is 11.5 Å². The second-order valence-corrected chi connectivity index (χ2v) is 6.91. The molecular formula is C20H24ClN3O2S. The standard InChI is InChI=1S/C20H24ClN3O2S/c1-14(2)26-19-17(21)10-16(11-18(19)25-4)13-23-24(3)20(27)22-12-15-8-6-5-7-9-15/h5-11,13-14H,12H2,1-4H3,(H,22,27)/b23-13-. The normalized spacial score (nSPS) is 10.9. The summed E-state index contributed by atoms with van der Waals surface area (Å²) in [5.74, 6) is 1.09. The molecule has 0 aromatic heterocycles. The summed E-state index contributed by atoms with van der Waals surface area (Å²) in [4.78, 5) is 0. The van der Waals surface area contributed by atoms with Crippen molar-refractivity contribution in [1.29, 1.82) is 0 Å². The van der Waals surface area contributed by atoms with Gasteiger partial charge in [0.25, 0.3) is 0 Å². The third-order valence-electron chi connectivity index (χ3n) is 3.57. The number of hydrogen-bond donors (Lipinski definition) is 1. The lowest BCUT2D eigenvalue weighted by atomic mass is 10.2. The Bertz CT molecular complexity index is 797. The molecule has 5 nitrogen and oxygen atoms in total. The van der Waals surface area contributed by atoms with Gasteiger partial charge in [-0.25, -0.2) is 5.01 Å². The van der Waals surface area contributed by atoms with Crippen molar-refractivity contribution in [2.45, 2.75) is 26.5 Å². The molecule has 0 spiro atoms. The maximum absolute atomic E-state index is 6.33. The summed E-state index contributed by atoms with van der Waals surface area (Å²) < 4.78 is 11.1. The average molecular weight is 406 g/mol. The summed E-state index contributed by atoms with van der Waals surface area (Å²) in [6.07, 6.45) is 1.67. The summed E-state index contributed by atoms with van der Waals surface area (Å²) in [7, 11) is 3.36. The van der Waals surface area contributed by atoms with E-state index in [1.807, 2.05) is 50.2 Å². The van der Waals surface area contributed by atoms with E-state index in [2.05, 4.69) is 10.4 Å². The van der Waals surface area contributed by atoms with Gasteiger partial charge in [0.05, 0.1) is 24.5 Å². The van der Waals surface area contributed by atoms with Gasteiger partial charge in [0.15, 0.2) is 16.6 Å². The fourth-order valence-electron chi connectivity index (χ4n) is 2.26. The number of hydrazone groups is 1. The highest BCUT2D eigenvalue weighted by Crippen LogP contribution is 2.36. The Morgan fingerprint density at radius 1 is 1.30 bits per heavy atom. The van der Waals surface area contributed by atoms with Gasteiger partial charge in [-0.1, -0.05) is 41.9 Å². The molecule has 0 aliphatic rings. The zero-order valence-electron chi connectivity index (χ0n) is 15.9. The molecule has 144 valence electrons. The average Bonchev–Trinajstić information content (AvgIpc) is 2.66. The Hall–Kier alpha value is -2.31. The molecule has 0 heterocycles. The number of halogens is 1. The molecule has 2 aromatic rings. The van der Waals surface area contributed by atoms with Gasteiger partial charge in [-0.15, -0.1) is 0 Å². The van der Waals surface area contributed by atoms with E-state index in [0.29, 0.717) is 28.2 Å². The topological polar surface area (TPSA) is 46.1 Å². The molecule has 27 heavy (non-hydrogen) atoms. The molecule has 0 saturated heterocycles. The molecule has 0 bridgehead atoms. The zero-order valence-corrected chi connectivity index (χ0v) is 17.5. The van der Waals surface area contributed by atoms with E-state index >= 15 is 0 Å². The van der Waals surface area contributed by atoms with Crippen LogP contribution in [0.2, 0.25) is 5.02 Å². The Morgan fingerprint density at radius 2 is 2.00 bits per heavy atom. The number of nitrogens with one attached hydrogen (secondary N) is 1. The molecule has 0 fully saturated rings. The molecule has 7 heteroatoms. The third-order valence-corrected chi connectivity index (χ3v) is 4.26. The SMILES string of the molecule is COc1cc(/C=N\N(C)C(=S)NCc2ccccc2)cc(Cl)c1OC(C)C. The van der Waals surface area contributed by atoms with Crippen molar-refractivity contribution in [2.24, 2.45) is 5.10 Å². The highest BCUT2D eigenvalue weighted by molar-refractivity contribution is 7.80. The van der Waals surface area contributed by atoms with Gasteiger partial charge in [0.1, 0.15) is 0 Å². The summed E-state index contributed by atoms with van der Waals surface area (Å²) in [5.41, 5.74) is 1.93. The zero-order chi connectivity index (χ0) is 19.8. The quantitative estimate of drug-likeness (QED) is 0.418. The smallest absolute Gasteiger partial charge is 0.189 e. The van der Waals surface area contributed by atoms with E-state index in [0.717, 1.165) is 11.1 Å². The molecule has 0 amide bonds. The molecule has 0 saturated carbocycles. The maximum atomic E-state index is 6.33. The first-order chi connectivity index (χ1) is 12.9. The minimum atomic E-state index is -0.00453. The number of ether oxygens (including phenoxy) is 2. The molecule has 0 unspecified atom stereocenters. The van der Waals surface area contributed by atoms with Crippen LogP contribution in [-0.4, -0.2) is 36.6 Å². The van der Waals surface area contributed by atoms with Crippen molar-refractivity contribution in [3.63, 3.8) is 0 Å². The molecule has 2 rings (SSSR count). The van der Waals surface area contributed by atoms with Crippen molar-refractivity contribution in [3.8, 4) is 11.5 Å². The van der Waals surface area contributed by atoms with Crippen molar-refractivity contribution >= 4 is 35.1 Å².